The Bertz CT molecular complexity index is 361. The van der Waals surface area contributed by atoms with Gasteiger partial charge in [0.25, 0.3) is 0 Å². The van der Waals surface area contributed by atoms with Crippen molar-refractivity contribution in [3.05, 3.63) is 23.3 Å². The lowest BCUT2D eigenvalue weighted by Gasteiger charge is -2.35. The quantitative estimate of drug-likeness (QED) is 0.573. The molecule has 102 valence electrons. The predicted octanol–water partition coefficient (Wildman–Crippen LogP) is 4.57. The van der Waals surface area contributed by atoms with Crippen molar-refractivity contribution in [1.82, 2.24) is 0 Å². The van der Waals surface area contributed by atoms with Gasteiger partial charge in [0.2, 0.25) is 0 Å². The fourth-order valence-corrected chi connectivity index (χ4v) is 2.94. The van der Waals surface area contributed by atoms with Gasteiger partial charge < -0.3 is 5.11 Å². The van der Waals surface area contributed by atoms with Crippen LogP contribution in [0.2, 0.25) is 0 Å². The number of carboxylic acid groups (broad SMARTS) is 1. The Hall–Kier alpha value is -1.05. The molecular weight excluding hydrogens is 224 g/mol. The molecule has 1 rings (SSSR count). The zero-order valence-corrected chi connectivity index (χ0v) is 12.1. The smallest absolute Gasteiger partial charge is 0.327 e. The summed E-state index contributed by atoms with van der Waals surface area (Å²) in [6.07, 6.45) is 9.02. The van der Waals surface area contributed by atoms with E-state index in [4.69, 9.17) is 5.11 Å². The molecule has 0 aromatic rings. The summed E-state index contributed by atoms with van der Waals surface area (Å²) in [5, 5.41) is 8.61. The number of carbonyl (C=O) groups is 1. The van der Waals surface area contributed by atoms with Gasteiger partial charge in [0, 0.05) is 6.08 Å². The minimum atomic E-state index is -0.852. The van der Waals surface area contributed by atoms with Gasteiger partial charge in [-0.1, -0.05) is 38.0 Å². The Morgan fingerprint density at radius 1 is 1.50 bits per heavy atom. The maximum atomic E-state index is 10.5. The van der Waals surface area contributed by atoms with E-state index in [9.17, 15) is 4.79 Å². The molecule has 0 aromatic heterocycles. The van der Waals surface area contributed by atoms with E-state index >= 15 is 0 Å². The molecule has 1 unspecified atom stereocenters. The highest BCUT2D eigenvalue weighted by molar-refractivity contribution is 5.79. The lowest BCUT2D eigenvalue weighted by molar-refractivity contribution is -0.131. The largest absolute Gasteiger partial charge is 0.478 e. The highest BCUT2D eigenvalue weighted by Crippen LogP contribution is 2.42. The van der Waals surface area contributed by atoms with Crippen molar-refractivity contribution in [3.8, 4) is 0 Å². The first-order valence-corrected chi connectivity index (χ1v) is 6.93. The van der Waals surface area contributed by atoms with Crippen molar-refractivity contribution in [3.63, 3.8) is 0 Å². The van der Waals surface area contributed by atoms with Gasteiger partial charge >= 0.3 is 5.97 Å². The van der Waals surface area contributed by atoms with E-state index in [1.807, 2.05) is 0 Å². The van der Waals surface area contributed by atoms with Crippen LogP contribution in [-0.2, 0) is 4.79 Å². The van der Waals surface area contributed by atoms with Crippen LogP contribution in [0, 0.1) is 11.3 Å². The summed E-state index contributed by atoms with van der Waals surface area (Å²) < 4.78 is 0. The van der Waals surface area contributed by atoms with Crippen molar-refractivity contribution in [2.45, 2.75) is 59.8 Å². The minimum absolute atomic E-state index is 0.332. The maximum Gasteiger partial charge on any atom is 0.327 e. The Balaban J connectivity index is 2.59. The fourth-order valence-electron chi connectivity index (χ4n) is 2.94. The normalized spacial score (nSPS) is 21.3. The molecule has 1 N–H and O–H groups in total. The molecule has 0 heterocycles. The van der Waals surface area contributed by atoms with E-state index in [1.165, 1.54) is 25.3 Å². The third kappa shape index (κ3) is 4.32. The lowest BCUT2D eigenvalue weighted by atomic mass is 9.71. The summed E-state index contributed by atoms with van der Waals surface area (Å²) in [7, 11) is 0. The van der Waals surface area contributed by atoms with Gasteiger partial charge in [-0.25, -0.2) is 4.79 Å². The zero-order chi connectivity index (χ0) is 13.8. The number of allylic oxidation sites excluding steroid dienone is 3. The second kappa shape index (κ2) is 6.21. The summed E-state index contributed by atoms with van der Waals surface area (Å²) in [5.41, 5.74) is 3.49. The third-order valence-corrected chi connectivity index (χ3v) is 4.10. The van der Waals surface area contributed by atoms with E-state index < -0.39 is 5.97 Å². The van der Waals surface area contributed by atoms with Gasteiger partial charge in [-0.15, -0.1) is 0 Å². The van der Waals surface area contributed by atoms with Crippen LogP contribution in [0.15, 0.2) is 23.3 Å². The van der Waals surface area contributed by atoms with Crippen LogP contribution < -0.4 is 0 Å². The highest BCUT2D eigenvalue weighted by Gasteiger charge is 2.27. The molecule has 0 aromatic carbocycles. The van der Waals surface area contributed by atoms with E-state index in [0.29, 0.717) is 11.3 Å². The van der Waals surface area contributed by atoms with E-state index in [-0.39, 0.29) is 0 Å². The molecule has 0 bridgehead atoms. The molecule has 1 atom stereocenters. The molecule has 0 radical (unpaired) electrons. The first kappa shape index (κ1) is 15.0. The highest BCUT2D eigenvalue weighted by atomic mass is 16.4. The van der Waals surface area contributed by atoms with Crippen LogP contribution in [0.4, 0.5) is 0 Å². The predicted molar refractivity (Wildman–Crippen MR) is 75.5 cm³/mol. The number of aliphatic carboxylic acids is 1. The van der Waals surface area contributed by atoms with Crippen molar-refractivity contribution in [1.29, 1.82) is 0 Å². The lowest BCUT2D eigenvalue weighted by Crippen LogP contribution is -2.20. The number of carboxylic acids is 1. The average Bonchev–Trinajstić information content (AvgIpc) is 2.24. The van der Waals surface area contributed by atoms with E-state index in [1.54, 1.807) is 17.2 Å². The van der Waals surface area contributed by atoms with E-state index in [2.05, 4.69) is 27.7 Å². The van der Waals surface area contributed by atoms with Crippen LogP contribution in [0.1, 0.15) is 59.8 Å². The average molecular weight is 250 g/mol. The number of rotatable bonds is 5. The summed E-state index contributed by atoms with van der Waals surface area (Å²) in [4.78, 5) is 10.5. The van der Waals surface area contributed by atoms with Crippen LogP contribution in [0.5, 0.6) is 0 Å². The topological polar surface area (TPSA) is 37.3 Å². The molecule has 0 saturated heterocycles. The Kier molecular flexibility index (Phi) is 5.18. The van der Waals surface area contributed by atoms with Gasteiger partial charge in [-0.05, 0) is 50.4 Å². The molecule has 1 aliphatic carbocycles. The summed E-state index contributed by atoms with van der Waals surface area (Å²) >= 11 is 0. The molecule has 0 fully saturated rings. The van der Waals surface area contributed by atoms with Crippen LogP contribution in [-0.4, -0.2) is 11.1 Å². The standard InChI is InChI=1S/C16H26O2/c1-12(8-10-15(17)18)7-9-14-13(2)6-5-11-16(14,3)4/h8,10,12H,5-7,9,11H2,1-4H3,(H,17,18)/b10-8+. The Morgan fingerprint density at radius 2 is 2.17 bits per heavy atom. The monoisotopic (exact) mass is 250 g/mol. The van der Waals surface area contributed by atoms with Gasteiger partial charge in [-0.3, -0.25) is 0 Å². The molecule has 0 spiro atoms. The summed E-state index contributed by atoms with van der Waals surface area (Å²) in [6, 6.07) is 0. The van der Waals surface area contributed by atoms with Gasteiger partial charge in [-0.2, -0.15) is 0 Å². The fraction of sp³-hybridized carbons (Fsp3) is 0.688. The van der Waals surface area contributed by atoms with Crippen LogP contribution in [0.25, 0.3) is 0 Å². The third-order valence-electron chi connectivity index (χ3n) is 4.10. The van der Waals surface area contributed by atoms with Crippen LogP contribution >= 0.6 is 0 Å². The van der Waals surface area contributed by atoms with Crippen molar-refractivity contribution >= 4 is 5.97 Å². The summed E-state index contributed by atoms with van der Waals surface area (Å²) in [6.45, 7) is 9.02. The van der Waals surface area contributed by atoms with Gasteiger partial charge in [0.05, 0.1) is 0 Å². The molecule has 2 heteroatoms. The Labute approximate surface area is 111 Å². The second-order valence-corrected chi connectivity index (χ2v) is 6.21. The number of hydrogen-bond donors (Lipinski definition) is 1. The number of hydrogen-bond acceptors (Lipinski definition) is 1. The minimum Gasteiger partial charge on any atom is -0.478 e. The summed E-state index contributed by atoms with van der Waals surface area (Å²) in [5.74, 6) is -0.519. The molecule has 0 saturated carbocycles. The van der Waals surface area contributed by atoms with Gasteiger partial charge in [0.15, 0.2) is 0 Å². The Morgan fingerprint density at radius 3 is 2.72 bits per heavy atom. The molecule has 0 amide bonds. The SMILES string of the molecule is CC1=C(CCC(C)/C=C/C(=O)O)C(C)(C)CCC1. The molecule has 0 aliphatic heterocycles. The first-order valence-electron chi connectivity index (χ1n) is 6.93. The molecular formula is C16H26O2. The zero-order valence-electron chi connectivity index (χ0n) is 12.1. The second-order valence-electron chi connectivity index (χ2n) is 6.21. The first-order chi connectivity index (χ1) is 8.33. The van der Waals surface area contributed by atoms with Crippen molar-refractivity contribution in [2.24, 2.45) is 11.3 Å². The van der Waals surface area contributed by atoms with Crippen molar-refractivity contribution < 1.29 is 9.90 Å². The molecule has 1 aliphatic rings. The van der Waals surface area contributed by atoms with Gasteiger partial charge in [0.1, 0.15) is 0 Å². The van der Waals surface area contributed by atoms with E-state index in [0.717, 1.165) is 12.8 Å². The maximum absolute atomic E-state index is 10.5. The molecule has 2 nitrogen and oxygen atoms in total. The van der Waals surface area contributed by atoms with Crippen LogP contribution in [0.3, 0.4) is 0 Å². The van der Waals surface area contributed by atoms with Crippen molar-refractivity contribution in [2.75, 3.05) is 0 Å². The molecule has 18 heavy (non-hydrogen) atoms.